The Bertz CT molecular complexity index is 363. The number of anilines is 1. The molecule has 3 heteroatoms. The predicted octanol–water partition coefficient (Wildman–Crippen LogP) is 2.87. The molecule has 1 aromatic carbocycles. The first-order valence-corrected chi connectivity index (χ1v) is 6.54. The second-order valence-electron chi connectivity index (χ2n) is 3.92. The number of hydrogen-bond acceptors (Lipinski definition) is 2. The van der Waals surface area contributed by atoms with Gasteiger partial charge in [0.25, 0.3) is 0 Å². The average Bonchev–Trinajstić information content (AvgIpc) is 2.21. The molecule has 1 rings (SSSR count). The monoisotopic (exact) mass is 225 g/mol. The van der Waals surface area contributed by atoms with Crippen LogP contribution in [0, 0.1) is 6.92 Å². The molecule has 0 aliphatic rings. The summed E-state index contributed by atoms with van der Waals surface area (Å²) in [5, 5.41) is 0.220. The van der Waals surface area contributed by atoms with E-state index < -0.39 is 10.8 Å². The van der Waals surface area contributed by atoms with E-state index in [1.165, 1.54) is 0 Å². The zero-order valence-corrected chi connectivity index (χ0v) is 10.4. The Morgan fingerprint density at radius 2 is 2.13 bits per heavy atom. The van der Waals surface area contributed by atoms with E-state index in [0.29, 0.717) is 0 Å². The normalized spacial score (nSPS) is 14.9. The third-order valence-electron chi connectivity index (χ3n) is 2.53. The summed E-state index contributed by atoms with van der Waals surface area (Å²) in [5.74, 6) is 0. The quantitative estimate of drug-likeness (QED) is 0.801. The Morgan fingerprint density at radius 1 is 1.47 bits per heavy atom. The van der Waals surface area contributed by atoms with Crippen LogP contribution in [0.25, 0.3) is 0 Å². The standard InChI is InChI=1S/C12H19NOS/c1-4-5-10(3)15(14)11-6-7-12(13)9(2)8-11/h6-8,10H,4-5,13H2,1-3H3. The average molecular weight is 225 g/mol. The van der Waals surface area contributed by atoms with Gasteiger partial charge in [-0.05, 0) is 37.1 Å². The van der Waals surface area contributed by atoms with E-state index in [1.54, 1.807) is 0 Å². The van der Waals surface area contributed by atoms with E-state index >= 15 is 0 Å². The Labute approximate surface area is 94.3 Å². The summed E-state index contributed by atoms with van der Waals surface area (Å²) in [6.45, 7) is 6.09. The number of nitrogens with two attached hydrogens (primary N) is 1. The molecular formula is C12H19NOS. The minimum absolute atomic E-state index is 0.220. The number of nitrogen functional groups attached to an aromatic ring is 1. The van der Waals surface area contributed by atoms with Crippen molar-refractivity contribution < 1.29 is 4.21 Å². The second kappa shape index (κ2) is 5.31. The van der Waals surface area contributed by atoms with Crippen LogP contribution in [0.3, 0.4) is 0 Å². The molecule has 1 aromatic rings. The lowest BCUT2D eigenvalue weighted by atomic mass is 10.2. The molecule has 0 saturated carbocycles. The molecule has 0 bridgehead atoms. The van der Waals surface area contributed by atoms with E-state index in [1.807, 2.05) is 32.0 Å². The minimum atomic E-state index is -0.902. The summed E-state index contributed by atoms with van der Waals surface area (Å²) in [4.78, 5) is 0.891. The predicted molar refractivity (Wildman–Crippen MR) is 66.4 cm³/mol. The SMILES string of the molecule is CCCC(C)S(=O)c1ccc(N)c(C)c1. The molecule has 15 heavy (non-hydrogen) atoms. The van der Waals surface area contributed by atoms with Gasteiger partial charge in [-0.1, -0.05) is 20.3 Å². The van der Waals surface area contributed by atoms with Crippen LogP contribution >= 0.6 is 0 Å². The largest absolute Gasteiger partial charge is 0.399 e. The number of aryl methyl sites for hydroxylation is 1. The summed E-state index contributed by atoms with van der Waals surface area (Å²) in [6.07, 6.45) is 2.07. The van der Waals surface area contributed by atoms with Gasteiger partial charge < -0.3 is 5.73 Å². The zero-order chi connectivity index (χ0) is 11.4. The maximum atomic E-state index is 12.1. The highest BCUT2D eigenvalue weighted by Crippen LogP contribution is 2.19. The lowest BCUT2D eigenvalue weighted by Gasteiger charge is -2.11. The summed E-state index contributed by atoms with van der Waals surface area (Å²) in [7, 11) is -0.902. The summed E-state index contributed by atoms with van der Waals surface area (Å²) < 4.78 is 12.1. The van der Waals surface area contributed by atoms with Crippen molar-refractivity contribution in [2.24, 2.45) is 0 Å². The van der Waals surface area contributed by atoms with E-state index in [2.05, 4.69) is 6.92 Å². The molecule has 2 nitrogen and oxygen atoms in total. The van der Waals surface area contributed by atoms with Crippen molar-refractivity contribution in [2.75, 3.05) is 5.73 Å². The topological polar surface area (TPSA) is 43.1 Å². The van der Waals surface area contributed by atoms with Gasteiger partial charge in [0.05, 0.1) is 10.8 Å². The Balaban J connectivity index is 2.87. The molecule has 0 aromatic heterocycles. The molecule has 0 fully saturated rings. The van der Waals surface area contributed by atoms with Gasteiger partial charge in [-0.15, -0.1) is 0 Å². The zero-order valence-electron chi connectivity index (χ0n) is 9.62. The number of benzene rings is 1. The molecule has 0 aliphatic heterocycles. The van der Waals surface area contributed by atoms with Gasteiger partial charge in [0.15, 0.2) is 0 Å². The molecule has 0 radical (unpaired) electrons. The van der Waals surface area contributed by atoms with Gasteiger partial charge in [-0.3, -0.25) is 4.21 Å². The molecular weight excluding hydrogens is 206 g/mol. The van der Waals surface area contributed by atoms with Crippen LogP contribution in [0.15, 0.2) is 23.1 Å². The van der Waals surface area contributed by atoms with Crippen molar-refractivity contribution in [3.8, 4) is 0 Å². The maximum Gasteiger partial charge on any atom is 0.0558 e. The Hall–Kier alpha value is -0.830. The molecule has 84 valence electrons. The van der Waals surface area contributed by atoms with E-state index in [0.717, 1.165) is 29.0 Å². The summed E-state index contributed by atoms with van der Waals surface area (Å²) >= 11 is 0. The highest BCUT2D eigenvalue weighted by atomic mass is 32.2. The van der Waals surface area contributed by atoms with Crippen LogP contribution in [0.4, 0.5) is 5.69 Å². The first-order valence-electron chi connectivity index (χ1n) is 5.33. The highest BCUT2D eigenvalue weighted by molar-refractivity contribution is 7.85. The fraction of sp³-hybridized carbons (Fsp3) is 0.500. The maximum absolute atomic E-state index is 12.1. The first-order chi connectivity index (χ1) is 7.06. The fourth-order valence-corrected chi connectivity index (χ4v) is 2.93. The van der Waals surface area contributed by atoms with E-state index in [-0.39, 0.29) is 5.25 Å². The molecule has 2 N–H and O–H groups in total. The molecule has 2 atom stereocenters. The van der Waals surface area contributed by atoms with Gasteiger partial charge in [-0.25, -0.2) is 0 Å². The van der Waals surface area contributed by atoms with Gasteiger partial charge >= 0.3 is 0 Å². The van der Waals surface area contributed by atoms with Crippen molar-refractivity contribution in [1.29, 1.82) is 0 Å². The smallest absolute Gasteiger partial charge is 0.0558 e. The van der Waals surface area contributed by atoms with Crippen LogP contribution in [-0.2, 0) is 10.8 Å². The molecule has 0 amide bonds. The fourth-order valence-electron chi connectivity index (χ4n) is 1.52. The van der Waals surface area contributed by atoms with Crippen molar-refractivity contribution in [3.63, 3.8) is 0 Å². The van der Waals surface area contributed by atoms with E-state index in [9.17, 15) is 4.21 Å². The van der Waals surface area contributed by atoms with Crippen LogP contribution < -0.4 is 5.73 Å². The summed E-state index contributed by atoms with van der Waals surface area (Å²) in [6, 6.07) is 5.63. The van der Waals surface area contributed by atoms with Crippen molar-refractivity contribution >= 4 is 16.5 Å². The van der Waals surface area contributed by atoms with E-state index in [4.69, 9.17) is 5.73 Å². The number of rotatable bonds is 4. The number of hydrogen-bond donors (Lipinski definition) is 1. The second-order valence-corrected chi connectivity index (χ2v) is 5.79. The van der Waals surface area contributed by atoms with Crippen LogP contribution in [0.5, 0.6) is 0 Å². The van der Waals surface area contributed by atoms with Crippen molar-refractivity contribution in [3.05, 3.63) is 23.8 Å². The van der Waals surface area contributed by atoms with Gasteiger partial charge in [0.2, 0.25) is 0 Å². The first kappa shape index (κ1) is 12.2. The molecule has 2 unspecified atom stereocenters. The van der Waals surface area contributed by atoms with Crippen molar-refractivity contribution in [2.45, 2.75) is 43.8 Å². The van der Waals surface area contributed by atoms with Crippen molar-refractivity contribution in [1.82, 2.24) is 0 Å². The van der Waals surface area contributed by atoms with Crippen LogP contribution in [0.1, 0.15) is 32.3 Å². The third kappa shape index (κ3) is 3.06. The minimum Gasteiger partial charge on any atom is -0.399 e. The van der Waals surface area contributed by atoms with Gasteiger partial charge in [0.1, 0.15) is 0 Å². The molecule has 0 aliphatic carbocycles. The Kier molecular flexibility index (Phi) is 4.33. The third-order valence-corrected chi connectivity index (χ3v) is 4.22. The van der Waals surface area contributed by atoms with Gasteiger partial charge in [0, 0.05) is 15.8 Å². The summed E-state index contributed by atoms with van der Waals surface area (Å²) in [5.41, 5.74) is 7.49. The lowest BCUT2D eigenvalue weighted by molar-refractivity contribution is 0.662. The van der Waals surface area contributed by atoms with Crippen LogP contribution in [-0.4, -0.2) is 9.46 Å². The van der Waals surface area contributed by atoms with Gasteiger partial charge in [-0.2, -0.15) is 0 Å². The molecule has 0 saturated heterocycles. The molecule has 0 heterocycles. The Morgan fingerprint density at radius 3 is 2.67 bits per heavy atom. The highest BCUT2D eigenvalue weighted by Gasteiger charge is 2.12. The molecule has 0 spiro atoms. The lowest BCUT2D eigenvalue weighted by Crippen LogP contribution is -2.10. The van der Waals surface area contributed by atoms with Crippen LogP contribution in [0.2, 0.25) is 0 Å².